The zero-order valence-electron chi connectivity index (χ0n) is 12.8. The third kappa shape index (κ3) is 3.57. The first-order valence-corrected chi connectivity index (χ1v) is 7.84. The van der Waals surface area contributed by atoms with Crippen molar-refractivity contribution in [2.45, 2.75) is 32.8 Å². The molecule has 1 saturated carbocycles. The second kappa shape index (κ2) is 6.79. The molecule has 0 radical (unpaired) electrons. The third-order valence-corrected chi connectivity index (χ3v) is 3.77. The highest BCUT2D eigenvalue weighted by molar-refractivity contribution is 5.87. The van der Waals surface area contributed by atoms with Crippen LogP contribution in [0.25, 0.3) is 10.8 Å². The van der Waals surface area contributed by atoms with Gasteiger partial charge in [-0.2, -0.15) is 0 Å². The van der Waals surface area contributed by atoms with Crippen molar-refractivity contribution in [3.05, 3.63) is 42.0 Å². The maximum absolute atomic E-state index is 11.6. The van der Waals surface area contributed by atoms with Gasteiger partial charge in [0.25, 0.3) is 0 Å². The highest BCUT2D eigenvalue weighted by Gasteiger charge is 2.29. The van der Waals surface area contributed by atoms with E-state index in [4.69, 9.17) is 9.57 Å². The molecule has 1 aliphatic carbocycles. The van der Waals surface area contributed by atoms with Gasteiger partial charge in [-0.25, -0.2) is 5.48 Å². The van der Waals surface area contributed by atoms with Gasteiger partial charge in [0.05, 0.1) is 6.61 Å². The molecule has 0 heterocycles. The van der Waals surface area contributed by atoms with Crippen LogP contribution in [0.2, 0.25) is 0 Å². The molecule has 1 aliphatic rings. The molecule has 4 heteroatoms. The Morgan fingerprint density at radius 2 is 2.14 bits per heavy atom. The lowest BCUT2D eigenvalue weighted by molar-refractivity contribution is -0.135. The number of ether oxygens (including phenoxy) is 1. The summed E-state index contributed by atoms with van der Waals surface area (Å²) < 4.78 is 5.69. The molecule has 2 aromatic carbocycles. The van der Waals surface area contributed by atoms with Crippen LogP contribution >= 0.6 is 0 Å². The van der Waals surface area contributed by atoms with E-state index in [1.165, 1.54) is 0 Å². The fourth-order valence-electron chi connectivity index (χ4n) is 2.37. The lowest BCUT2D eigenvalue weighted by Crippen LogP contribution is -2.24. The van der Waals surface area contributed by atoms with Crippen LogP contribution < -0.4 is 10.2 Å². The molecule has 0 spiro atoms. The molecule has 0 atom stereocenters. The van der Waals surface area contributed by atoms with Crippen LogP contribution in [0, 0.1) is 5.92 Å². The molecule has 1 N–H and O–H groups in total. The summed E-state index contributed by atoms with van der Waals surface area (Å²) in [5, 5.41) is 2.23. The van der Waals surface area contributed by atoms with Crippen LogP contribution in [0.5, 0.6) is 5.75 Å². The minimum Gasteiger partial charge on any atom is -0.494 e. The van der Waals surface area contributed by atoms with E-state index in [0.717, 1.165) is 41.3 Å². The van der Waals surface area contributed by atoms with Crippen LogP contribution in [0.4, 0.5) is 0 Å². The van der Waals surface area contributed by atoms with Crippen LogP contribution in [-0.2, 0) is 16.2 Å². The van der Waals surface area contributed by atoms with Gasteiger partial charge in [0.15, 0.2) is 0 Å². The molecule has 1 fully saturated rings. The van der Waals surface area contributed by atoms with Crippen molar-refractivity contribution in [3.8, 4) is 5.75 Å². The number of fused-ring (bicyclic) bond motifs is 1. The Bertz CT molecular complexity index is 664. The SMILES string of the molecule is CCCOc1ccc2cccc(CONC(=O)C3CC3)c2c1. The summed E-state index contributed by atoms with van der Waals surface area (Å²) in [7, 11) is 0. The van der Waals surface area contributed by atoms with E-state index in [0.29, 0.717) is 13.2 Å². The average molecular weight is 299 g/mol. The fraction of sp³-hybridized carbons (Fsp3) is 0.389. The van der Waals surface area contributed by atoms with Crippen LogP contribution in [0.1, 0.15) is 31.7 Å². The number of hydroxylamine groups is 1. The molecular weight excluding hydrogens is 278 g/mol. The lowest BCUT2D eigenvalue weighted by Gasteiger charge is -2.10. The van der Waals surface area contributed by atoms with Gasteiger partial charge >= 0.3 is 0 Å². The van der Waals surface area contributed by atoms with E-state index in [9.17, 15) is 4.79 Å². The highest BCUT2D eigenvalue weighted by atomic mass is 16.6. The summed E-state index contributed by atoms with van der Waals surface area (Å²) >= 11 is 0. The molecule has 0 unspecified atom stereocenters. The van der Waals surface area contributed by atoms with Gasteiger partial charge in [0, 0.05) is 5.92 Å². The summed E-state index contributed by atoms with van der Waals surface area (Å²) in [6.45, 7) is 3.15. The first kappa shape index (κ1) is 14.9. The van der Waals surface area contributed by atoms with E-state index in [2.05, 4.69) is 18.5 Å². The minimum absolute atomic E-state index is 0.00722. The predicted octanol–water partition coefficient (Wildman–Crippen LogP) is 3.59. The summed E-state index contributed by atoms with van der Waals surface area (Å²) in [4.78, 5) is 16.9. The van der Waals surface area contributed by atoms with E-state index < -0.39 is 0 Å². The zero-order valence-corrected chi connectivity index (χ0v) is 12.8. The number of amides is 1. The topological polar surface area (TPSA) is 47.6 Å². The monoisotopic (exact) mass is 299 g/mol. The smallest absolute Gasteiger partial charge is 0.246 e. The van der Waals surface area contributed by atoms with Gasteiger partial charge in [0.2, 0.25) is 5.91 Å². The van der Waals surface area contributed by atoms with Crippen molar-refractivity contribution in [2.75, 3.05) is 6.61 Å². The fourth-order valence-corrected chi connectivity index (χ4v) is 2.37. The summed E-state index contributed by atoms with van der Waals surface area (Å²) in [6, 6.07) is 12.1. The molecule has 0 aliphatic heterocycles. The van der Waals surface area contributed by atoms with Crippen LogP contribution in [-0.4, -0.2) is 12.5 Å². The Hall–Kier alpha value is -2.07. The number of nitrogens with one attached hydrogen (secondary N) is 1. The Kier molecular flexibility index (Phi) is 4.59. The minimum atomic E-state index is -0.00722. The Labute approximate surface area is 130 Å². The van der Waals surface area contributed by atoms with E-state index in [-0.39, 0.29) is 11.8 Å². The molecule has 0 aromatic heterocycles. The standard InChI is InChI=1S/C18H21NO3/c1-2-10-21-16-9-8-13-4-3-5-15(17(13)11-16)12-22-19-18(20)14-6-7-14/h3-5,8-9,11,14H,2,6-7,10,12H2,1H3,(H,19,20). The van der Waals surface area contributed by atoms with Crippen molar-refractivity contribution >= 4 is 16.7 Å². The Morgan fingerprint density at radius 1 is 1.27 bits per heavy atom. The quantitative estimate of drug-likeness (QED) is 0.795. The number of hydrogen-bond donors (Lipinski definition) is 1. The molecule has 22 heavy (non-hydrogen) atoms. The molecule has 0 saturated heterocycles. The summed E-state index contributed by atoms with van der Waals surface area (Å²) in [5.74, 6) is 1.01. The first-order chi connectivity index (χ1) is 10.8. The average Bonchev–Trinajstić information content (AvgIpc) is 3.38. The maximum atomic E-state index is 11.6. The molecule has 4 nitrogen and oxygen atoms in total. The maximum Gasteiger partial charge on any atom is 0.246 e. The van der Waals surface area contributed by atoms with Gasteiger partial charge in [-0.05, 0) is 47.7 Å². The lowest BCUT2D eigenvalue weighted by atomic mass is 10.0. The number of carbonyl (C=O) groups excluding carboxylic acids is 1. The van der Waals surface area contributed by atoms with Crippen molar-refractivity contribution in [2.24, 2.45) is 5.92 Å². The number of hydrogen-bond acceptors (Lipinski definition) is 3. The number of carbonyl (C=O) groups is 1. The van der Waals surface area contributed by atoms with Gasteiger partial charge in [0.1, 0.15) is 12.4 Å². The van der Waals surface area contributed by atoms with Crippen molar-refractivity contribution in [1.82, 2.24) is 5.48 Å². The third-order valence-electron chi connectivity index (χ3n) is 3.77. The van der Waals surface area contributed by atoms with Gasteiger partial charge in [-0.15, -0.1) is 0 Å². The van der Waals surface area contributed by atoms with Crippen LogP contribution in [0.15, 0.2) is 36.4 Å². The van der Waals surface area contributed by atoms with Gasteiger partial charge in [-0.3, -0.25) is 9.63 Å². The van der Waals surface area contributed by atoms with Crippen LogP contribution in [0.3, 0.4) is 0 Å². The predicted molar refractivity (Wildman–Crippen MR) is 85.4 cm³/mol. The molecule has 3 rings (SSSR count). The summed E-state index contributed by atoms with van der Waals surface area (Å²) in [5.41, 5.74) is 3.57. The number of benzene rings is 2. The van der Waals surface area contributed by atoms with Crippen molar-refractivity contribution in [3.63, 3.8) is 0 Å². The highest BCUT2D eigenvalue weighted by Crippen LogP contribution is 2.29. The van der Waals surface area contributed by atoms with E-state index >= 15 is 0 Å². The largest absolute Gasteiger partial charge is 0.494 e. The number of rotatable bonds is 7. The second-order valence-electron chi connectivity index (χ2n) is 5.68. The van der Waals surface area contributed by atoms with Gasteiger partial charge in [-0.1, -0.05) is 31.2 Å². The first-order valence-electron chi connectivity index (χ1n) is 7.84. The van der Waals surface area contributed by atoms with Crippen molar-refractivity contribution < 1.29 is 14.4 Å². The van der Waals surface area contributed by atoms with E-state index in [1.807, 2.05) is 30.3 Å². The zero-order chi connectivity index (χ0) is 15.4. The Balaban J connectivity index is 1.71. The Morgan fingerprint density at radius 3 is 2.91 bits per heavy atom. The van der Waals surface area contributed by atoms with Gasteiger partial charge < -0.3 is 4.74 Å². The van der Waals surface area contributed by atoms with E-state index in [1.54, 1.807) is 0 Å². The molecular formula is C18H21NO3. The molecule has 116 valence electrons. The molecule has 1 amide bonds. The molecule has 0 bridgehead atoms. The van der Waals surface area contributed by atoms with Crippen molar-refractivity contribution in [1.29, 1.82) is 0 Å². The summed E-state index contributed by atoms with van der Waals surface area (Å²) in [6.07, 6.45) is 2.93. The second-order valence-corrected chi connectivity index (χ2v) is 5.68. The molecule has 2 aromatic rings. The normalized spacial score (nSPS) is 14.0.